The molecule has 1 N–H and O–H groups in total. The van der Waals surface area contributed by atoms with Crippen molar-refractivity contribution in [1.82, 2.24) is 9.97 Å². The van der Waals surface area contributed by atoms with Gasteiger partial charge in [-0.1, -0.05) is 6.07 Å². The van der Waals surface area contributed by atoms with Crippen LogP contribution in [0.25, 0.3) is 0 Å². The van der Waals surface area contributed by atoms with Gasteiger partial charge in [-0.2, -0.15) is 18.4 Å². The van der Waals surface area contributed by atoms with Gasteiger partial charge in [-0.05, 0) is 25.5 Å². The summed E-state index contributed by atoms with van der Waals surface area (Å²) in [6.45, 7) is 2.57. The molecule has 0 spiro atoms. The highest BCUT2D eigenvalue weighted by molar-refractivity contribution is 5.59. The lowest BCUT2D eigenvalue weighted by Gasteiger charge is -2.11. The van der Waals surface area contributed by atoms with Crippen molar-refractivity contribution in [1.29, 1.82) is 5.26 Å². The number of anilines is 1. The number of nitrogens with zero attached hydrogens (tertiary/aromatic N) is 3. The summed E-state index contributed by atoms with van der Waals surface area (Å²) >= 11 is 0. The van der Waals surface area contributed by atoms with Crippen molar-refractivity contribution in [2.24, 2.45) is 0 Å². The van der Waals surface area contributed by atoms with Gasteiger partial charge in [-0.25, -0.2) is 4.98 Å². The Morgan fingerprint density at radius 2 is 2.04 bits per heavy atom. The molecule has 5 nitrogen and oxygen atoms in total. The fourth-order valence-electron chi connectivity index (χ4n) is 2.06. The number of ether oxygens (including phenoxy) is 1. The monoisotopic (exact) mass is 336 g/mol. The number of hydrogen-bond donors (Lipinski definition) is 1. The Hall–Kier alpha value is -2.82. The van der Waals surface area contributed by atoms with Crippen LogP contribution in [0.4, 0.5) is 18.9 Å². The minimum Gasteiger partial charge on any atom is -0.468 e. The Bertz CT molecular complexity index is 752. The van der Waals surface area contributed by atoms with Crippen molar-refractivity contribution in [2.45, 2.75) is 26.6 Å². The number of pyridine rings is 2. The normalized spacial score (nSPS) is 11.0. The molecule has 126 valence electrons. The molecule has 2 rings (SSSR count). The molecule has 0 amide bonds. The summed E-state index contributed by atoms with van der Waals surface area (Å²) in [5.74, 6) is -0.0932. The lowest BCUT2D eigenvalue weighted by Crippen LogP contribution is -2.19. The molecule has 8 heteroatoms. The molecule has 0 unspecified atom stereocenters. The van der Waals surface area contributed by atoms with Gasteiger partial charge in [0.1, 0.15) is 6.07 Å². The smallest absolute Gasteiger partial charge is 0.422 e. The first-order valence-corrected chi connectivity index (χ1v) is 7.05. The van der Waals surface area contributed by atoms with E-state index in [9.17, 15) is 18.4 Å². The summed E-state index contributed by atoms with van der Waals surface area (Å²) in [6, 6.07) is 6.85. The Morgan fingerprint density at radius 3 is 2.62 bits per heavy atom. The van der Waals surface area contributed by atoms with Gasteiger partial charge in [-0.3, -0.25) is 4.98 Å². The average Bonchev–Trinajstić information content (AvgIpc) is 2.51. The lowest BCUT2D eigenvalue weighted by atomic mass is 10.1. The molecule has 0 aliphatic carbocycles. The zero-order valence-corrected chi connectivity index (χ0v) is 13.1. The Balaban J connectivity index is 2.02. The SMILES string of the molecule is Cc1cc(NCc2ccc(OCC(F)(F)F)nc2)c(C#N)c(C)n1. The molecule has 0 aromatic carbocycles. The quantitative estimate of drug-likeness (QED) is 0.904. The van der Waals surface area contributed by atoms with Crippen LogP contribution >= 0.6 is 0 Å². The maximum atomic E-state index is 12.1. The van der Waals surface area contributed by atoms with E-state index in [1.165, 1.54) is 12.3 Å². The number of nitriles is 1. The lowest BCUT2D eigenvalue weighted by molar-refractivity contribution is -0.154. The van der Waals surface area contributed by atoms with Gasteiger partial charge in [0.25, 0.3) is 0 Å². The maximum Gasteiger partial charge on any atom is 0.422 e. The van der Waals surface area contributed by atoms with E-state index in [0.717, 1.165) is 11.3 Å². The standard InChI is InChI=1S/C16H15F3N4O/c1-10-5-14(13(6-20)11(2)23-10)21-7-12-3-4-15(22-8-12)24-9-16(17,18)19/h3-5,8H,7,9H2,1-2H3,(H,21,23). The van der Waals surface area contributed by atoms with Gasteiger partial charge in [0.15, 0.2) is 6.61 Å². The van der Waals surface area contributed by atoms with Crippen molar-refractivity contribution < 1.29 is 17.9 Å². The molecule has 2 heterocycles. The largest absolute Gasteiger partial charge is 0.468 e. The second-order valence-corrected chi connectivity index (χ2v) is 5.15. The van der Waals surface area contributed by atoms with Crippen molar-refractivity contribution >= 4 is 5.69 Å². The highest BCUT2D eigenvalue weighted by Gasteiger charge is 2.28. The molecule has 0 saturated heterocycles. The third kappa shape index (κ3) is 4.84. The molecule has 2 aromatic heterocycles. The number of nitrogens with one attached hydrogen (secondary N) is 1. The van der Waals surface area contributed by atoms with Gasteiger partial charge >= 0.3 is 6.18 Å². The first-order valence-electron chi connectivity index (χ1n) is 7.05. The van der Waals surface area contributed by atoms with Crippen LogP contribution in [0.2, 0.25) is 0 Å². The third-order valence-electron chi connectivity index (χ3n) is 3.10. The summed E-state index contributed by atoms with van der Waals surface area (Å²) in [7, 11) is 0. The fraction of sp³-hybridized carbons (Fsp3) is 0.312. The van der Waals surface area contributed by atoms with E-state index in [0.29, 0.717) is 23.5 Å². The van der Waals surface area contributed by atoms with E-state index >= 15 is 0 Å². The molecule has 0 fully saturated rings. The first-order chi connectivity index (χ1) is 11.3. The van der Waals surface area contributed by atoms with Crippen LogP contribution in [0.15, 0.2) is 24.4 Å². The van der Waals surface area contributed by atoms with Crippen LogP contribution in [0.5, 0.6) is 5.88 Å². The average molecular weight is 336 g/mol. The molecule has 0 radical (unpaired) electrons. The number of halogens is 3. The Labute approximate surface area is 137 Å². The van der Waals surface area contributed by atoms with Crippen LogP contribution < -0.4 is 10.1 Å². The van der Waals surface area contributed by atoms with E-state index in [-0.39, 0.29) is 5.88 Å². The van der Waals surface area contributed by atoms with Crippen molar-refractivity contribution in [3.8, 4) is 11.9 Å². The molecule has 0 aliphatic rings. The van der Waals surface area contributed by atoms with Gasteiger partial charge < -0.3 is 10.1 Å². The van der Waals surface area contributed by atoms with Crippen LogP contribution in [-0.4, -0.2) is 22.8 Å². The van der Waals surface area contributed by atoms with Gasteiger partial charge in [0.2, 0.25) is 5.88 Å². The van der Waals surface area contributed by atoms with E-state index < -0.39 is 12.8 Å². The fourth-order valence-corrected chi connectivity index (χ4v) is 2.06. The molecule has 0 saturated carbocycles. The molecule has 0 bridgehead atoms. The predicted octanol–water partition coefficient (Wildman–Crippen LogP) is 3.52. The minimum absolute atomic E-state index is 0.0932. The van der Waals surface area contributed by atoms with Crippen LogP contribution in [0.3, 0.4) is 0 Å². The molecular formula is C16H15F3N4O. The zero-order chi connectivity index (χ0) is 17.7. The molecule has 0 aliphatic heterocycles. The van der Waals surface area contributed by atoms with E-state index in [1.807, 2.05) is 6.92 Å². The highest BCUT2D eigenvalue weighted by Crippen LogP contribution is 2.20. The second kappa shape index (κ2) is 7.17. The van der Waals surface area contributed by atoms with Crippen LogP contribution in [0.1, 0.15) is 22.5 Å². The van der Waals surface area contributed by atoms with Crippen molar-refractivity contribution in [3.05, 3.63) is 46.9 Å². The number of aryl methyl sites for hydroxylation is 2. The third-order valence-corrected chi connectivity index (χ3v) is 3.10. The van der Waals surface area contributed by atoms with Gasteiger partial charge in [0.05, 0.1) is 16.9 Å². The summed E-state index contributed by atoms with van der Waals surface area (Å²) in [5.41, 5.74) is 3.26. The number of hydrogen-bond acceptors (Lipinski definition) is 5. The second-order valence-electron chi connectivity index (χ2n) is 5.15. The van der Waals surface area contributed by atoms with Crippen molar-refractivity contribution in [3.63, 3.8) is 0 Å². The molecule has 24 heavy (non-hydrogen) atoms. The number of alkyl halides is 3. The summed E-state index contributed by atoms with van der Waals surface area (Å²) in [5, 5.41) is 12.3. The zero-order valence-electron chi connectivity index (χ0n) is 13.1. The van der Waals surface area contributed by atoms with Crippen LogP contribution in [0, 0.1) is 25.2 Å². The summed E-state index contributed by atoms with van der Waals surface area (Å²) in [4.78, 5) is 8.06. The maximum absolute atomic E-state index is 12.1. The van der Waals surface area contributed by atoms with Crippen LogP contribution in [-0.2, 0) is 6.54 Å². The number of rotatable bonds is 5. The van der Waals surface area contributed by atoms with E-state index in [2.05, 4.69) is 26.1 Å². The highest BCUT2D eigenvalue weighted by atomic mass is 19.4. The Kier molecular flexibility index (Phi) is 5.24. The first kappa shape index (κ1) is 17.5. The van der Waals surface area contributed by atoms with E-state index in [1.54, 1.807) is 19.1 Å². The molecule has 2 aromatic rings. The van der Waals surface area contributed by atoms with Crippen molar-refractivity contribution in [2.75, 3.05) is 11.9 Å². The topological polar surface area (TPSA) is 70.8 Å². The number of aromatic nitrogens is 2. The summed E-state index contributed by atoms with van der Waals surface area (Å²) < 4.78 is 40.8. The van der Waals surface area contributed by atoms with Gasteiger partial charge in [0, 0.05) is 24.5 Å². The minimum atomic E-state index is -4.40. The summed E-state index contributed by atoms with van der Waals surface area (Å²) in [6.07, 6.45) is -2.97. The van der Waals surface area contributed by atoms with E-state index in [4.69, 9.17) is 0 Å². The Morgan fingerprint density at radius 1 is 1.29 bits per heavy atom. The molecular weight excluding hydrogens is 321 g/mol. The van der Waals surface area contributed by atoms with Gasteiger partial charge in [-0.15, -0.1) is 0 Å². The predicted molar refractivity (Wildman–Crippen MR) is 81.5 cm³/mol. The molecule has 0 atom stereocenters.